The molecule has 29 heavy (non-hydrogen) atoms. The van der Waals surface area contributed by atoms with Gasteiger partial charge in [0, 0.05) is 11.8 Å². The van der Waals surface area contributed by atoms with Crippen LogP contribution in [-0.2, 0) is 9.59 Å². The number of fused-ring (bicyclic) bond motifs is 5. The van der Waals surface area contributed by atoms with E-state index in [1.165, 1.54) is 6.08 Å². The number of aliphatic hydroxyl groups excluding tert-OH is 2. The molecule has 7 heteroatoms. The van der Waals surface area contributed by atoms with E-state index in [-0.39, 0.29) is 31.5 Å². The van der Waals surface area contributed by atoms with Crippen molar-refractivity contribution in [3.8, 4) is 0 Å². The first kappa shape index (κ1) is 21.1. The molecule has 0 amide bonds. The quantitative estimate of drug-likeness (QED) is 0.542. The summed E-state index contributed by atoms with van der Waals surface area (Å²) in [5.74, 6) is -2.71. The summed E-state index contributed by atoms with van der Waals surface area (Å²) < 4.78 is 15.3. The van der Waals surface area contributed by atoms with Crippen LogP contribution in [0.4, 0.5) is 4.39 Å². The van der Waals surface area contributed by atoms with Gasteiger partial charge in [0.05, 0.1) is 11.7 Å². The van der Waals surface area contributed by atoms with Crippen LogP contribution in [0.15, 0.2) is 11.6 Å². The molecule has 0 unspecified atom stereocenters. The molecule has 9 atom stereocenters. The molecule has 0 radical (unpaired) electrons. The Morgan fingerprint density at radius 1 is 1.28 bits per heavy atom. The van der Waals surface area contributed by atoms with Gasteiger partial charge in [-0.3, -0.25) is 9.59 Å². The molecule has 4 aliphatic rings. The fraction of sp³-hybridized carbons (Fsp3) is 0.818. The first-order chi connectivity index (χ1) is 13.4. The minimum atomic E-state index is -2.01. The zero-order valence-electron chi connectivity index (χ0n) is 17.2. The molecule has 4 aliphatic carbocycles. The Bertz CT molecular complexity index is 796. The summed E-state index contributed by atoms with van der Waals surface area (Å²) in [6.45, 7) is 4.22. The van der Waals surface area contributed by atoms with Gasteiger partial charge in [-0.2, -0.15) is 0 Å². The molecule has 4 N–H and O–H groups in total. The minimum absolute atomic E-state index is 0.0367. The molecule has 0 spiro atoms. The second-order valence-corrected chi connectivity index (χ2v) is 10.3. The molecule has 0 aromatic heterocycles. The van der Waals surface area contributed by atoms with Gasteiger partial charge in [-0.05, 0) is 60.5 Å². The molecule has 162 valence electrons. The van der Waals surface area contributed by atoms with Crippen LogP contribution >= 0.6 is 0 Å². The lowest BCUT2D eigenvalue weighted by atomic mass is 9.43. The normalized spacial score (nSPS) is 54.3. The number of carbonyl (C=O) groups excluding carboxylic acids is 2. The highest BCUT2D eigenvalue weighted by Gasteiger charge is 2.77. The number of Topliss-reactive ketones (excluding diaryl/α,β-unsaturated/α-hetero) is 1. The highest BCUT2D eigenvalue weighted by molar-refractivity contribution is 5.92. The summed E-state index contributed by atoms with van der Waals surface area (Å²) in [5, 5.41) is 44.1. The van der Waals surface area contributed by atoms with Crippen molar-refractivity contribution in [3.63, 3.8) is 0 Å². The lowest BCUT2D eigenvalue weighted by Crippen LogP contribution is -2.70. The standard InChI is InChI=1S/C22H31FO6/c1-11-8-21(28)14-7-15(23)13-6-12(25)4-5-19(13,2)18(14)16(26)9-20(21,3)22(11,29)17(27)10-24/h6,11,14-16,18,24,26,28-29H,4-5,7-10H2,1-3H3/t11-,14+,15+,16+,18+,19-,20-,21+,22+/m0/s1. The Kier molecular flexibility index (Phi) is 4.50. The molecule has 0 aliphatic heterocycles. The number of hydrogen-bond donors (Lipinski definition) is 4. The highest BCUT2D eigenvalue weighted by Crippen LogP contribution is 2.70. The predicted octanol–water partition coefficient (Wildman–Crippen LogP) is 1.09. The van der Waals surface area contributed by atoms with Crippen LogP contribution in [0.3, 0.4) is 0 Å². The topological polar surface area (TPSA) is 115 Å². The maximum atomic E-state index is 15.3. The summed E-state index contributed by atoms with van der Waals surface area (Å²) in [7, 11) is 0. The van der Waals surface area contributed by atoms with Gasteiger partial charge in [0.25, 0.3) is 0 Å². The molecular formula is C22H31FO6. The molecule has 0 saturated heterocycles. The number of ketones is 2. The van der Waals surface area contributed by atoms with E-state index in [0.717, 1.165) is 0 Å². The number of rotatable bonds is 2. The molecule has 0 bridgehead atoms. The average molecular weight is 410 g/mol. The third kappa shape index (κ3) is 2.30. The van der Waals surface area contributed by atoms with Crippen molar-refractivity contribution in [1.82, 2.24) is 0 Å². The predicted molar refractivity (Wildman–Crippen MR) is 101 cm³/mol. The van der Waals surface area contributed by atoms with Crippen molar-refractivity contribution in [1.29, 1.82) is 0 Å². The summed E-state index contributed by atoms with van der Waals surface area (Å²) in [4.78, 5) is 24.5. The van der Waals surface area contributed by atoms with Gasteiger partial charge in [0.2, 0.25) is 0 Å². The van der Waals surface area contributed by atoms with Crippen LogP contribution in [0.1, 0.15) is 52.9 Å². The molecular weight excluding hydrogens is 379 g/mol. The van der Waals surface area contributed by atoms with Crippen LogP contribution in [-0.4, -0.2) is 62.1 Å². The summed E-state index contributed by atoms with van der Waals surface area (Å²) >= 11 is 0. The Labute approximate surface area is 169 Å². The van der Waals surface area contributed by atoms with Crippen molar-refractivity contribution in [2.75, 3.05) is 6.61 Å². The summed E-state index contributed by atoms with van der Waals surface area (Å²) in [5.41, 5.74) is -5.36. The number of allylic oxidation sites excluding steroid dienone is 1. The Morgan fingerprint density at radius 2 is 1.93 bits per heavy atom. The van der Waals surface area contributed by atoms with E-state index in [0.29, 0.717) is 12.0 Å². The molecule has 6 nitrogen and oxygen atoms in total. The van der Waals surface area contributed by atoms with Gasteiger partial charge in [0.15, 0.2) is 11.6 Å². The van der Waals surface area contributed by atoms with Crippen LogP contribution < -0.4 is 0 Å². The first-order valence-corrected chi connectivity index (χ1v) is 10.5. The number of aliphatic hydroxyl groups is 4. The summed E-state index contributed by atoms with van der Waals surface area (Å²) in [6.07, 6.45) is -0.397. The van der Waals surface area contributed by atoms with Crippen LogP contribution in [0, 0.1) is 28.6 Å². The van der Waals surface area contributed by atoms with E-state index in [2.05, 4.69) is 0 Å². The highest BCUT2D eigenvalue weighted by atomic mass is 19.1. The molecule has 0 heterocycles. The number of alkyl halides is 1. The maximum Gasteiger partial charge on any atom is 0.190 e. The van der Waals surface area contributed by atoms with E-state index in [1.807, 2.05) is 6.92 Å². The maximum absolute atomic E-state index is 15.3. The van der Waals surface area contributed by atoms with Crippen molar-refractivity contribution in [2.24, 2.45) is 28.6 Å². The monoisotopic (exact) mass is 410 g/mol. The zero-order chi connectivity index (χ0) is 21.6. The molecule has 3 saturated carbocycles. The fourth-order valence-corrected chi connectivity index (χ4v) is 7.73. The lowest BCUT2D eigenvalue weighted by molar-refractivity contribution is -0.248. The van der Waals surface area contributed by atoms with Gasteiger partial charge >= 0.3 is 0 Å². The number of carbonyl (C=O) groups is 2. The molecule has 0 aromatic rings. The van der Waals surface area contributed by atoms with Crippen LogP contribution in [0.5, 0.6) is 0 Å². The second kappa shape index (κ2) is 6.19. The van der Waals surface area contributed by atoms with Crippen molar-refractivity contribution >= 4 is 11.6 Å². The zero-order valence-corrected chi connectivity index (χ0v) is 17.2. The molecule has 4 rings (SSSR count). The first-order valence-electron chi connectivity index (χ1n) is 10.5. The third-order valence-electron chi connectivity index (χ3n) is 9.18. The molecule has 0 aromatic carbocycles. The minimum Gasteiger partial charge on any atom is -0.393 e. The number of hydrogen-bond acceptors (Lipinski definition) is 6. The Morgan fingerprint density at radius 3 is 2.55 bits per heavy atom. The van der Waals surface area contributed by atoms with Crippen molar-refractivity contribution in [2.45, 2.75) is 76.4 Å². The van der Waals surface area contributed by atoms with Crippen LogP contribution in [0.25, 0.3) is 0 Å². The fourth-order valence-electron chi connectivity index (χ4n) is 7.73. The van der Waals surface area contributed by atoms with Crippen LogP contribution in [0.2, 0.25) is 0 Å². The number of halogens is 1. The Hall–Kier alpha value is -1.15. The van der Waals surface area contributed by atoms with E-state index >= 15 is 4.39 Å². The SMILES string of the molecule is C[C@H]1C[C@@]2(O)[C@@H]3C[C@@H](F)C4=CC(=O)CC[C@]4(C)[C@H]3[C@H](O)C[C@]2(C)[C@]1(O)C(=O)CO. The van der Waals surface area contributed by atoms with Gasteiger partial charge in [0.1, 0.15) is 18.4 Å². The van der Waals surface area contributed by atoms with E-state index < -0.39 is 64.5 Å². The lowest BCUT2D eigenvalue weighted by Gasteiger charge is -2.63. The van der Waals surface area contributed by atoms with Gasteiger partial charge in [-0.25, -0.2) is 4.39 Å². The average Bonchev–Trinajstić information content (AvgIpc) is 2.81. The van der Waals surface area contributed by atoms with E-state index in [4.69, 9.17) is 0 Å². The van der Waals surface area contributed by atoms with Gasteiger partial charge in [-0.15, -0.1) is 0 Å². The van der Waals surface area contributed by atoms with Crippen molar-refractivity contribution in [3.05, 3.63) is 11.6 Å². The van der Waals surface area contributed by atoms with E-state index in [9.17, 15) is 30.0 Å². The van der Waals surface area contributed by atoms with Gasteiger partial charge < -0.3 is 20.4 Å². The van der Waals surface area contributed by atoms with E-state index in [1.54, 1.807) is 13.8 Å². The third-order valence-corrected chi connectivity index (χ3v) is 9.18. The smallest absolute Gasteiger partial charge is 0.190 e. The second-order valence-electron chi connectivity index (χ2n) is 10.3. The largest absolute Gasteiger partial charge is 0.393 e. The molecule has 3 fully saturated rings. The van der Waals surface area contributed by atoms with Crippen molar-refractivity contribution < 1.29 is 34.4 Å². The summed E-state index contributed by atoms with van der Waals surface area (Å²) in [6, 6.07) is 0. The van der Waals surface area contributed by atoms with Gasteiger partial charge in [-0.1, -0.05) is 20.8 Å². The Balaban J connectivity index is 1.86.